The summed E-state index contributed by atoms with van der Waals surface area (Å²) in [4.78, 5) is 25.7. The van der Waals surface area contributed by atoms with E-state index < -0.39 is 30.1 Å². The normalized spacial score (nSPS) is 29.3. The van der Waals surface area contributed by atoms with Crippen LogP contribution in [0.2, 0.25) is 0 Å². The highest BCUT2D eigenvalue weighted by Gasteiger charge is 2.44. The lowest BCUT2D eigenvalue weighted by Gasteiger charge is -2.16. The van der Waals surface area contributed by atoms with Crippen molar-refractivity contribution in [3.63, 3.8) is 0 Å². The number of aromatic amines is 1. The molecule has 0 spiro atoms. The number of H-pyrrole nitrogens is 1. The molecule has 114 valence electrons. The van der Waals surface area contributed by atoms with E-state index in [2.05, 4.69) is 19.8 Å². The fourth-order valence-corrected chi connectivity index (χ4v) is 2.30. The molecule has 0 aliphatic carbocycles. The van der Waals surface area contributed by atoms with Gasteiger partial charge in [0, 0.05) is 0 Å². The Morgan fingerprint density at radius 2 is 2.24 bits per heavy atom. The third kappa shape index (κ3) is 2.16. The van der Waals surface area contributed by atoms with Crippen molar-refractivity contribution in [1.82, 2.24) is 19.5 Å². The Kier molecular flexibility index (Phi) is 3.35. The van der Waals surface area contributed by atoms with E-state index in [0.29, 0.717) is 0 Å². The zero-order valence-corrected chi connectivity index (χ0v) is 10.6. The first-order valence-corrected chi connectivity index (χ1v) is 6.03. The number of ether oxygens (including phenoxy) is 1. The molecule has 1 aliphatic heterocycles. The molecule has 0 bridgehead atoms. The Hall–Kier alpha value is -2.05. The Morgan fingerprint density at radius 3 is 2.95 bits per heavy atom. The molecule has 2 aromatic heterocycles. The van der Waals surface area contributed by atoms with E-state index in [1.807, 2.05) is 0 Å². The maximum Gasteiger partial charge on any atom is 0.280 e. The first-order chi connectivity index (χ1) is 10.0. The molecule has 3 heterocycles. The van der Waals surface area contributed by atoms with Gasteiger partial charge in [-0.2, -0.15) is 4.98 Å². The maximum atomic E-state index is 11.7. The van der Waals surface area contributed by atoms with Gasteiger partial charge in [-0.25, -0.2) is 9.87 Å². The number of nitrogens with two attached hydrogens (primary N) is 1. The summed E-state index contributed by atoms with van der Waals surface area (Å²) in [5.41, 5.74) is 5.08. The molecule has 6 N–H and O–H groups in total. The van der Waals surface area contributed by atoms with E-state index in [1.54, 1.807) is 0 Å². The van der Waals surface area contributed by atoms with Gasteiger partial charge < -0.3 is 20.7 Å². The third-order valence-electron chi connectivity index (χ3n) is 3.30. The van der Waals surface area contributed by atoms with Gasteiger partial charge >= 0.3 is 0 Å². The molecule has 11 nitrogen and oxygen atoms in total. The summed E-state index contributed by atoms with van der Waals surface area (Å²) in [5.74, 6) is -0.113. The second-order valence-corrected chi connectivity index (χ2v) is 4.62. The van der Waals surface area contributed by atoms with Crippen molar-refractivity contribution < 1.29 is 25.1 Å². The summed E-state index contributed by atoms with van der Waals surface area (Å²) in [5, 5.41) is 28.3. The van der Waals surface area contributed by atoms with E-state index in [1.165, 1.54) is 10.9 Å². The smallest absolute Gasteiger partial charge is 0.280 e. The fourth-order valence-electron chi connectivity index (χ4n) is 2.30. The summed E-state index contributed by atoms with van der Waals surface area (Å²) in [6, 6.07) is 0. The van der Waals surface area contributed by atoms with Crippen molar-refractivity contribution in [2.75, 3.05) is 12.3 Å². The van der Waals surface area contributed by atoms with Crippen molar-refractivity contribution >= 4 is 17.1 Å². The lowest BCUT2D eigenvalue weighted by Crippen LogP contribution is -2.33. The van der Waals surface area contributed by atoms with Crippen LogP contribution in [-0.4, -0.2) is 59.9 Å². The maximum absolute atomic E-state index is 11.7. The van der Waals surface area contributed by atoms with Gasteiger partial charge in [-0.3, -0.25) is 19.6 Å². The average molecular weight is 299 g/mol. The number of aliphatic hydroxyl groups is 2. The highest BCUT2D eigenvalue weighted by Crippen LogP contribution is 2.31. The van der Waals surface area contributed by atoms with Crippen LogP contribution in [-0.2, 0) is 9.62 Å². The lowest BCUT2D eigenvalue weighted by atomic mass is 10.1. The molecule has 1 saturated heterocycles. The topological polar surface area (TPSA) is 169 Å². The van der Waals surface area contributed by atoms with E-state index in [0.717, 1.165) is 0 Å². The molecule has 0 saturated carbocycles. The van der Waals surface area contributed by atoms with Gasteiger partial charge in [0.25, 0.3) is 5.56 Å². The fraction of sp³-hybridized carbons (Fsp3) is 0.500. The molecule has 11 heteroatoms. The monoisotopic (exact) mass is 299 g/mol. The molecule has 1 unspecified atom stereocenters. The van der Waals surface area contributed by atoms with Crippen LogP contribution in [0.4, 0.5) is 5.95 Å². The van der Waals surface area contributed by atoms with Gasteiger partial charge in [-0.15, -0.1) is 0 Å². The number of nitrogens with one attached hydrogen (secondary N) is 1. The van der Waals surface area contributed by atoms with Gasteiger partial charge in [-0.1, -0.05) is 0 Å². The van der Waals surface area contributed by atoms with Crippen LogP contribution in [0.15, 0.2) is 11.1 Å². The highest BCUT2D eigenvalue weighted by atomic mass is 17.1. The molecular weight excluding hydrogens is 286 g/mol. The van der Waals surface area contributed by atoms with Crippen LogP contribution in [0.5, 0.6) is 0 Å². The van der Waals surface area contributed by atoms with Crippen LogP contribution in [0, 0.1) is 0 Å². The molecule has 3 rings (SSSR count). The molecule has 21 heavy (non-hydrogen) atoms. The number of hydrogen-bond donors (Lipinski definition) is 5. The second-order valence-electron chi connectivity index (χ2n) is 4.62. The third-order valence-corrected chi connectivity index (χ3v) is 3.30. The van der Waals surface area contributed by atoms with Gasteiger partial charge in [0.1, 0.15) is 24.9 Å². The molecule has 4 atom stereocenters. The zero-order valence-electron chi connectivity index (χ0n) is 10.6. The minimum atomic E-state index is -1.31. The van der Waals surface area contributed by atoms with Crippen molar-refractivity contribution in [2.45, 2.75) is 24.5 Å². The number of imidazole rings is 1. The van der Waals surface area contributed by atoms with Crippen molar-refractivity contribution in [1.29, 1.82) is 0 Å². The minimum Gasteiger partial charge on any atom is -0.387 e. The largest absolute Gasteiger partial charge is 0.387 e. The molecule has 1 fully saturated rings. The van der Waals surface area contributed by atoms with Gasteiger partial charge in [0.15, 0.2) is 17.4 Å². The van der Waals surface area contributed by atoms with Gasteiger partial charge in [0.2, 0.25) is 5.95 Å². The number of hydrogen-bond acceptors (Lipinski definition) is 9. The predicted octanol–water partition coefficient (Wildman–Crippen LogP) is -2.19. The summed E-state index contributed by atoms with van der Waals surface area (Å²) >= 11 is 0. The summed E-state index contributed by atoms with van der Waals surface area (Å²) in [6.07, 6.45) is -3.33. The SMILES string of the molecule is Nc1nc2c(ncn2[C@@H]2O[C@H](COO)[C@H](O)C2O)c(=O)[nH]1. The summed E-state index contributed by atoms with van der Waals surface area (Å²) < 4.78 is 6.69. The van der Waals surface area contributed by atoms with E-state index in [4.69, 9.17) is 15.7 Å². The van der Waals surface area contributed by atoms with Crippen molar-refractivity contribution in [2.24, 2.45) is 0 Å². The lowest BCUT2D eigenvalue weighted by molar-refractivity contribution is -0.264. The number of aliphatic hydroxyl groups excluding tert-OH is 2. The van der Waals surface area contributed by atoms with Gasteiger partial charge in [-0.05, 0) is 0 Å². The first kappa shape index (κ1) is 13.9. The predicted molar refractivity (Wildman–Crippen MR) is 67.1 cm³/mol. The van der Waals surface area contributed by atoms with Crippen LogP contribution < -0.4 is 11.3 Å². The molecule has 2 aromatic rings. The number of nitrogens with zero attached hydrogens (tertiary/aromatic N) is 3. The second kappa shape index (κ2) is 5.05. The molecule has 0 aromatic carbocycles. The van der Waals surface area contributed by atoms with Crippen molar-refractivity contribution in [3.8, 4) is 0 Å². The summed E-state index contributed by atoms with van der Waals surface area (Å²) in [7, 11) is 0. The quantitative estimate of drug-likeness (QED) is 0.312. The number of nitrogen functional groups attached to an aromatic ring is 1. The van der Waals surface area contributed by atoms with Crippen LogP contribution in [0.25, 0.3) is 11.2 Å². The average Bonchev–Trinajstić information content (AvgIpc) is 2.96. The minimum absolute atomic E-state index is 0.0244. The van der Waals surface area contributed by atoms with E-state index >= 15 is 0 Å². The Labute approximate surface area is 116 Å². The Bertz CT molecular complexity index is 714. The number of aromatic nitrogens is 4. The molecular formula is C10H13N5O6. The van der Waals surface area contributed by atoms with Crippen LogP contribution >= 0.6 is 0 Å². The molecule has 1 aliphatic rings. The summed E-state index contributed by atoms with van der Waals surface area (Å²) in [6.45, 7) is -0.322. The molecule has 0 radical (unpaired) electrons. The van der Waals surface area contributed by atoms with E-state index in [-0.39, 0.29) is 23.7 Å². The molecule has 0 amide bonds. The Morgan fingerprint density at radius 1 is 1.48 bits per heavy atom. The number of fused-ring (bicyclic) bond motifs is 1. The highest BCUT2D eigenvalue weighted by molar-refractivity contribution is 5.70. The number of rotatable bonds is 3. The standard InChI is InChI=1S/C10H13N5O6/c11-10-13-7-4(8(18)14-10)12-2-15(7)9-6(17)5(16)3(21-9)1-20-19/h2-3,5-6,9,16-17,19H,1H2,(H3,11,13,14,18)/t3-,5+,6?,9-/m1/s1. The van der Waals surface area contributed by atoms with Crippen molar-refractivity contribution in [3.05, 3.63) is 16.7 Å². The zero-order chi connectivity index (χ0) is 15.1. The number of anilines is 1. The Balaban J connectivity index is 2.03. The van der Waals surface area contributed by atoms with E-state index in [9.17, 15) is 15.0 Å². The first-order valence-electron chi connectivity index (χ1n) is 6.03. The van der Waals surface area contributed by atoms with Crippen LogP contribution in [0.1, 0.15) is 6.23 Å². The van der Waals surface area contributed by atoms with Gasteiger partial charge in [0.05, 0.1) is 6.33 Å². The van der Waals surface area contributed by atoms with Crippen LogP contribution in [0.3, 0.4) is 0 Å².